The fourth-order valence-electron chi connectivity index (χ4n) is 1.16. The van der Waals surface area contributed by atoms with E-state index < -0.39 is 18.1 Å². The second-order valence-corrected chi connectivity index (χ2v) is 3.69. The highest BCUT2D eigenvalue weighted by Crippen LogP contribution is 2.13. The first-order chi connectivity index (χ1) is 9.18. The average molecular weight is 293 g/mol. The number of carboxylic acids is 1. The molecule has 0 unspecified atom stereocenters. The normalized spacial score (nSPS) is 10.4. The van der Waals surface area contributed by atoms with Gasteiger partial charge < -0.3 is 15.9 Å². The molecule has 5 nitrogen and oxygen atoms in total. The Bertz CT molecular complexity index is 460. The third kappa shape index (κ3) is 7.37. The first kappa shape index (κ1) is 17.9. The van der Waals surface area contributed by atoms with Crippen molar-refractivity contribution in [2.45, 2.75) is 19.0 Å². The summed E-state index contributed by atoms with van der Waals surface area (Å²) in [5, 5.41) is 15.7. The molecule has 112 valence electrons. The second-order valence-electron chi connectivity index (χ2n) is 3.69. The monoisotopic (exact) mass is 293 g/mol. The van der Waals surface area contributed by atoms with E-state index in [4.69, 9.17) is 20.7 Å². The number of hydrogen-bond donors (Lipinski definition) is 3. The summed E-state index contributed by atoms with van der Waals surface area (Å²) >= 11 is 0. The summed E-state index contributed by atoms with van der Waals surface area (Å²) in [7, 11) is 0. The van der Waals surface area contributed by atoms with Crippen LogP contribution < -0.4 is 5.73 Å². The van der Waals surface area contributed by atoms with Gasteiger partial charge >= 0.3 is 12.1 Å². The van der Waals surface area contributed by atoms with E-state index in [1.165, 1.54) is 0 Å². The van der Waals surface area contributed by atoms with Crippen LogP contribution in [-0.4, -0.2) is 34.9 Å². The van der Waals surface area contributed by atoms with Gasteiger partial charge in [-0.05, 0) is 30.5 Å². The van der Waals surface area contributed by atoms with Gasteiger partial charge in [-0.25, -0.2) is 4.79 Å². The summed E-state index contributed by atoms with van der Waals surface area (Å²) in [6, 6.07) is 7.16. The van der Waals surface area contributed by atoms with Crippen LogP contribution in [0.3, 0.4) is 0 Å². The van der Waals surface area contributed by atoms with Gasteiger partial charge in [0.25, 0.3) is 0 Å². The van der Waals surface area contributed by atoms with Crippen molar-refractivity contribution in [3.05, 3.63) is 35.4 Å². The van der Waals surface area contributed by atoms with Gasteiger partial charge in [0.15, 0.2) is 0 Å². The fourth-order valence-corrected chi connectivity index (χ4v) is 1.16. The minimum absolute atomic E-state index is 0.167. The Morgan fingerprint density at radius 2 is 1.80 bits per heavy atom. The minimum atomic E-state index is -5.08. The maximum atomic E-state index is 10.8. The Hall–Kier alpha value is -2.09. The number of benzene rings is 1. The zero-order valence-corrected chi connectivity index (χ0v) is 10.4. The maximum absolute atomic E-state index is 10.8. The van der Waals surface area contributed by atoms with Gasteiger partial charge in [-0.15, -0.1) is 0 Å². The highest BCUT2D eigenvalue weighted by molar-refractivity contribution is 5.92. The number of rotatable bonds is 4. The molecule has 0 radical (unpaired) electrons. The van der Waals surface area contributed by atoms with Crippen LogP contribution in [0.4, 0.5) is 13.2 Å². The third-order valence-electron chi connectivity index (χ3n) is 2.08. The molecule has 20 heavy (non-hydrogen) atoms. The summed E-state index contributed by atoms with van der Waals surface area (Å²) in [6.45, 7) is 0.167. The van der Waals surface area contributed by atoms with E-state index in [2.05, 4.69) is 0 Å². The molecule has 1 rings (SSSR count). The Balaban J connectivity index is 0.000000441. The number of aliphatic hydroxyl groups excluding tert-OH is 1. The molecular weight excluding hydrogens is 279 g/mol. The van der Waals surface area contributed by atoms with Crippen molar-refractivity contribution in [1.82, 2.24) is 0 Å². The number of aliphatic carboxylic acids is 1. The molecule has 0 bridgehead atoms. The van der Waals surface area contributed by atoms with Crippen molar-refractivity contribution in [3.63, 3.8) is 0 Å². The molecule has 0 atom stereocenters. The number of alkyl halides is 3. The van der Waals surface area contributed by atoms with E-state index in [-0.39, 0.29) is 6.61 Å². The molecule has 0 spiro atoms. The standard InChI is InChI=1S/C10H13NO2.C2HF3O2/c11-10(13)9-5-1-3-8(7-9)4-2-6-12;3-2(4,5)1(6)7/h1,3,5,7,12H,2,4,6H2,(H2,11,13);(H,6,7). The summed E-state index contributed by atoms with van der Waals surface area (Å²) in [4.78, 5) is 19.7. The molecule has 0 aromatic heterocycles. The van der Waals surface area contributed by atoms with Gasteiger partial charge in [-0.1, -0.05) is 12.1 Å². The topological polar surface area (TPSA) is 101 Å². The van der Waals surface area contributed by atoms with E-state index in [9.17, 15) is 18.0 Å². The van der Waals surface area contributed by atoms with Crippen LogP contribution in [0.25, 0.3) is 0 Å². The van der Waals surface area contributed by atoms with Gasteiger partial charge in [0.1, 0.15) is 0 Å². The lowest BCUT2D eigenvalue weighted by Crippen LogP contribution is -2.21. The number of carbonyl (C=O) groups is 2. The SMILES string of the molecule is NC(=O)c1cccc(CCCO)c1.O=C(O)C(F)(F)F. The van der Waals surface area contributed by atoms with Crippen LogP contribution in [0.2, 0.25) is 0 Å². The zero-order valence-electron chi connectivity index (χ0n) is 10.4. The number of halogens is 3. The van der Waals surface area contributed by atoms with Gasteiger partial charge in [-0.3, -0.25) is 4.79 Å². The molecular formula is C12H14F3NO4. The van der Waals surface area contributed by atoms with E-state index in [0.717, 1.165) is 12.0 Å². The Kier molecular flexibility index (Phi) is 7.30. The molecule has 1 aromatic carbocycles. The molecule has 1 aromatic rings. The van der Waals surface area contributed by atoms with Crippen molar-refractivity contribution in [1.29, 1.82) is 0 Å². The summed E-state index contributed by atoms with van der Waals surface area (Å²) in [5.41, 5.74) is 6.68. The third-order valence-corrected chi connectivity index (χ3v) is 2.08. The van der Waals surface area contributed by atoms with Crippen molar-refractivity contribution >= 4 is 11.9 Å². The quantitative estimate of drug-likeness (QED) is 0.779. The van der Waals surface area contributed by atoms with Gasteiger partial charge in [0, 0.05) is 12.2 Å². The fraction of sp³-hybridized carbons (Fsp3) is 0.333. The van der Waals surface area contributed by atoms with Gasteiger partial charge in [0.2, 0.25) is 5.91 Å². The van der Waals surface area contributed by atoms with Crippen molar-refractivity contribution < 1.29 is 33.0 Å². The number of carbonyl (C=O) groups excluding carboxylic acids is 1. The molecule has 0 fully saturated rings. The van der Waals surface area contributed by atoms with E-state index in [1.807, 2.05) is 6.07 Å². The predicted octanol–water partition coefficient (Wildman–Crippen LogP) is 1.34. The molecule has 0 saturated carbocycles. The van der Waals surface area contributed by atoms with Crippen molar-refractivity contribution in [2.24, 2.45) is 5.73 Å². The van der Waals surface area contributed by atoms with Crippen LogP contribution >= 0.6 is 0 Å². The largest absolute Gasteiger partial charge is 0.490 e. The van der Waals surface area contributed by atoms with Crippen molar-refractivity contribution in [2.75, 3.05) is 6.61 Å². The molecule has 0 aliphatic heterocycles. The lowest BCUT2D eigenvalue weighted by atomic mass is 10.1. The molecule has 0 aliphatic rings. The zero-order chi connectivity index (χ0) is 15.8. The number of primary amides is 1. The van der Waals surface area contributed by atoms with Crippen LogP contribution in [-0.2, 0) is 11.2 Å². The number of amides is 1. The summed E-state index contributed by atoms with van der Waals surface area (Å²) in [6.07, 6.45) is -3.60. The number of aryl methyl sites for hydroxylation is 1. The smallest absolute Gasteiger partial charge is 0.475 e. The minimum Gasteiger partial charge on any atom is -0.475 e. The van der Waals surface area contributed by atoms with Crippen LogP contribution in [0.1, 0.15) is 22.3 Å². The molecule has 0 aliphatic carbocycles. The average Bonchev–Trinajstić information content (AvgIpc) is 2.36. The number of aliphatic hydroxyl groups is 1. The molecule has 1 amide bonds. The van der Waals surface area contributed by atoms with Crippen molar-refractivity contribution in [3.8, 4) is 0 Å². The highest BCUT2D eigenvalue weighted by atomic mass is 19.4. The van der Waals surface area contributed by atoms with E-state index in [0.29, 0.717) is 12.0 Å². The number of carboxylic acid groups (broad SMARTS) is 1. The van der Waals surface area contributed by atoms with Crippen LogP contribution in [0, 0.1) is 0 Å². The van der Waals surface area contributed by atoms with Crippen LogP contribution in [0.5, 0.6) is 0 Å². The molecule has 0 heterocycles. The number of hydrogen-bond acceptors (Lipinski definition) is 3. The summed E-state index contributed by atoms with van der Waals surface area (Å²) < 4.78 is 31.7. The van der Waals surface area contributed by atoms with E-state index >= 15 is 0 Å². The Morgan fingerprint density at radius 1 is 1.25 bits per heavy atom. The van der Waals surface area contributed by atoms with Gasteiger partial charge in [-0.2, -0.15) is 13.2 Å². The maximum Gasteiger partial charge on any atom is 0.490 e. The predicted molar refractivity (Wildman–Crippen MR) is 64.1 cm³/mol. The lowest BCUT2D eigenvalue weighted by molar-refractivity contribution is -0.192. The lowest BCUT2D eigenvalue weighted by Gasteiger charge is -2.00. The van der Waals surface area contributed by atoms with Gasteiger partial charge in [0.05, 0.1) is 0 Å². The molecule has 8 heteroatoms. The Morgan fingerprint density at radius 3 is 2.20 bits per heavy atom. The second kappa shape index (κ2) is 8.16. The molecule has 4 N–H and O–H groups in total. The van der Waals surface area contributed by atoms with E-state index in [1.54, 1.807) is 18.2 Å². The first-order valence-corrected chi connectivity index (χ1v) is 5.48. The van der Waals surface area contributed by atoms with Crippen LogP contribution in [0.15, 0.2) is 24.3 Å². The summed E-state index contributed by atoms with van der Waals surface area (Å²) in [5.74, 6) is -3.17. The Labute approximate surface area is 112 Å². The molecule has 0 saturated heterocycles. The highest BCUT2D eigenvalue weighted by Gasteiger charge is 2.38. The number of nitrogens with two attached hydrogens (primary N) is 1. The first-order valence-electron chi connectivity index (χ1n) is 5.48.